The molecule has 1 aliphatic carbocycles. The fourth-order valence-corrected chi connectivity index (χ4v) is 2.47. The van der Waals surface area contributed by atoms with Gasteiger partial charge in [0.2, 0.25) is 0 Å². The second-order valence-electron chi connectivity index (χ2n) is 4.75. The van der Waals surface area contributed by atoms with Gasteiger partial charge in [-0.25, -0.2) is 4.98 Å². The lowest BCUT2D eigenvalue weighted by atomic mass is 9.64. The minimum absolute atomic E-state index is 0.0459. The van der Waals surface area contributed by atoms with Crippen molar-refractivity contribution in [3.63, 3.8) is 0 Å². The SMILES string of the molecule is COC1CC(n2cncc2CO)C1(C)C. The van der Waals surface area contributed by atoms with Crippen LogP contribution >= 0.6 is 0 Å². The zero-order valence-electron chi connectivity index (χ0n) is 9.47. The van der Waals surface area contributed by atoms with Crippen molar-refractivity contribution in [2.24, 2.45) is 5.41 Å². The number of hydrogen-bond donors (Lipinski definition) is 1. The van der Waals surface area contributed by atoms with Gasteiger partial charge in [-0.05, 0) is 6.42 Å². The number of ether oxygens (including phenoxy) is 1. The summed E-state index contributed by atoms with van der Waals surface area (Å²) in [6.07, 6.45) is 4.81. The summed E-state index contributed by atoms with van der Waals surface area (Å²) in [5.74, 6) is 0. The molecule has 0 aliphatic heterocycles. The molecule has 0 aromatic carbocycles. The van der Waals surface area contributed by atoms with Crippen molar-refractivity contribution in [2.45, 2.75) is 39.0 Å². The molecule has 15 heavy (non-hydrogen) atoms. The van der Waals surface area contributed by atoms with Crippen molar-refractivity contribution in [2.75, 3.05) is 7.11 Å². The average Bonchev–Trinajstić information content (AvgIpc) is 2.64. The molecule has 0 spiro atoms. The second-order valence-corrected chi connectivity index (χ2v) is 4.75. The Balaban J connectivity index is 2.21. The predicted octanol–water partition coefficient (Wildman–Crippen LogP) is 1.36. The van der Waals surface area contributed by atoms with Gasteiger partial charge in [0.1, 0.15) is 0 Å². The summed E-state index contributed by atoms with van der Waals surface area (Å²) >= 11 is 0. The van der Waals surface area contributed by atoms with E-state index in [-0.39, 0.29) is 12.0 Å². The Bertz CT molecular complexity index is 346. The number of hydrogen-bond acceptors (Lipinski definition) is 3. The Kier molecular flexibility index (Phi) is 2.56. The van der Waals surface area contributed by atoms with Crippen molar-refractivity contribution in [1.29, 1.82) is 0 Å². The van der Waals surface area contributed by atoms with Crippen LogP contribution in [0, 0.1) is 5.41 Å². The molecule has 4 nitrogen and oxygen atoms in total. The van der Waals surface area contributed by atoms with Crippen LogP contribution in [0.2, 0.25) is 0 Å². The molecule has 1 heterocycles. The molecule has 1 saturated carbocycles. The highest BCUT2D eigenvalue weighted by atomic mass is 16.5. The van der Waals surface area contributed by atoms with Crippen LogP contribution in [0.25, 0.3) is 0 Å². The third-order valence-corrected chi connectivity index (χ3v) is 3.65. The lowest BCUT2D eigenvalue weighted by Crippen LogP contribution is -2.51. The zero-order valence-corrected chi connectivity index (χ0v) is 9.47. The van der Waals surface area contributed by atoms with Crippen LogP contribution in [-0.2, 0) is 11.3 Å². The first-order valence-corrected chi connectivity index (χ1v) is 5.25. The molecule has 1 aromatic rings. The Hall–Kier alpha value is -0.870. The van der Waals surface area contributed by atoms with Crippen LogP contribution in [-0.4, -0.2) is 27.9 Å². The quantitative estimate of drug-likeness (QED) is 0.819. The van der Waals surface area contributed by atoms with Gasteiger partial charge in [-0.1, -0.05) is 13.8 Å². The van der Waals surface area contributed by atoms with E-state index in [4.69, 9.17) is 4.74 Å². The highest BCUT2D eigenvalue weighted by Crippen LogP contribution is 2.51. The summed E-state index contributed by atoms with van der Waals surface area (Å²) in [6.45, 7) is 4.43. The smallest absolute Gasteiger partial charge is 0.0951 e. The van der Waals surface area contributed by atoms with Crippen molar-refractivity contribution >= 4 is 0 Å². The zero-order chi connectivity index (χ0) is 11.1. The molecule has 0 radical (unpaired) electrons. The van der Waals surface area contributed by atoms with Gasteiger partial charge in [0, 0.05) is 18.6 Å². The standard InChI is InChI=1S/C11H18N2O2/c1-11(2)9(4-10(11)15-3)13-7-12-5-8(13)6-14/h5,7,9-10,14H,4,6H2,1-3H3. The molecule has 1 N–H and O–H groups in total. The fourth-order valence-electron chi connectivity index (χ4n) is 2.47. The molecule has 84 valence electrons. The molecule has 0 bridgehead atoms. The summed E-state index contributed by atoms with van der Waals surface area (Å²) in [5.41, 5.74) is 0.988. The molecule has 1 aromatic heterocycles. The van der Waals surface area contributed by atoms with E-state index in [9.17, 15) is 5.11 Å². The number of aliphatic hydroxyl groups excluding tert-OH is 1. The lowest BCUT2D eigenvalue weighted by molar-refractivity contribution is -0.113. The topological polar surface area (TPSA) is 47.3 Å². The van der Waals surface area contributed by atoms with E-state index in [1.165, 1.54) is 0 Å². The van der Waals surface area contributed by atoms with E-state index >= 15 is 0 Å². The van der Waals surface area contributed by atoms with Crippen LogP contribution in [0.4, 0.5) is 0 Å². The first kappa shape index (κ1) is 10.6. The Morgan fingerprint density at radius 3 is 2.93 bits per heavy atom. The number of aromatic nitrogens is 2. The van der Waals surface area contributed by atoms with Crippen LogP contribution in [0.3, 0.4) is 0 Å². The van der Waals surface area contributed by atoms with E-state index in [1.807, 2.05) is 0 Å². The monoisotopic (exact) mass is 210 g/mol. The highest BCUT2D eigenvalue weighted by molar-refractivity contribution is 5.08. The molecular formula is C11H18N2O2. The van der Waals surface area contributed by atoms with Crippen molar-refractivity contribution in [1.82, 2.24) is 9.55 Å². The largest absolute Gasteiger partial charge is 0.390 e. The first-order chi connectivity index (χ1) is 7.11. The summed E-state index contributed by atoms with van der Waals surface area (Å²) in [6, 6.07) is 0.382. The number of aliphatic hydroxyl groups is 1. The summed E-state index contributed by atoms with van der Waals surface area (Å²) < 4.78 is 7.47. The van der Waals surface area contributed by atoms with E-state index < -0.39 is 0 Å². The van der Waals surface area contributed by atoms with Gasteiger partial charge in [-0.2, -0.15) is 0 Å². The van der Waals surface area contributed by atoms with Gasteiger partial charge in [0.05, 0.1) is 30.9 Å². The lowest BCUT2D eigenvalue weighted by Gasteiger charge is -2.51. The second kappa shape index (κ2) is 3.61. The summed E-state index contributed by atoms with van der Waals surface area (Å²) in [5, 5.41) is 9.18. The molecule has 2 atom stereocenters. The molecule has 0 saturated heterocycles. The third kappa shape index (κ3) is 1.48. The van der Waals surface area contributed by atoms with Gasteiger partial charge < -0.3 is 14.4 Å². The molecule has 2 rings (SSSR count). The van der Waals surface area contributed by atoms with Gasteiger partial charge >= 0.3 is 0 Å². The van der Waals surface area contributed by atoms with E-state index in [0.29, 0.717) is 12.1 Å². The van der Waals surface area contributed by atoms with Gasteiger partial charge in [-0.3, -0.25) is 0 Å². The minimum atomic E-state index is 0.0459. The Labute approximate surface area is 89.9 Å². The molecule has 1 aliphatic rings. The molecule has 0 amide bonds. The van der Waals surface area contributed by atoms with Crippen molar-refractivity contribution in [3.8, 4) is 0 Å². The maximum atomic E-state index is 9.18. The minimum Gasteiger partial charge on any atom is -0.390 e. The normalized spacial score (nSPS) is 28.8. The number of nitrogens with zero attached hydrogens (tertiary/aromatic N) is 2. The number of rotatable bonds is 3. The number of imidazole rings is 1. The van der Waals surface area contributed by atoms with E-state index in [2.05, 4.69) is 23.4 Å². The van der Waals surface area contributed by atoms with Crippen LogP contribution in [0.15, 0.2) is 12.5 Å². The van der Waals surface area contributed by atoms with Gasteiger partial charge in [0.25, 0.3) is 0 Å². The highest BCUT2D eigenvalue weighted by Gasteiger charge is 2.49. The average molecular weight is 210 g/mol. The molecule has 1 fully saturated rings. The van der Waals surface area contributed by atoms with Crippen LogP contribution in [0.5, 0.6) is 0 Å². The molecular weight excluding hydrogens is 192 g/mol. The molecule has 4 heteroatoms. The molecule has 2 unspecified atom stereocenters. The van der Waals surface area contributed by atoms with Crippen molar-refractivity contribution in [3.05, 3.63) is 18.2 Å². The van der Waals surface area contributed by atoms with Gasteiger partial charge in [-0.15, -0.1) is 0 Å². The maximum Gasteiger partial charge on any atom is 0.0951 e. The summed E-state index contributed by atoms with van der Waals surface area (Å²) in [4.78, 5) is 4.07. The first-order valence-electron chi connectivity index (χ1n) is 5.25. The van der Waals surface area contributed by atoms with Gasteiger partial charge in [0.15, 0.2) is 0 Å². The Morgan fingerprint density at radius 2 is 2.40 bits per heavy atom. The predicted molar refractivity (Wildman–Crippen MR) is 56.4 cm³/mol. The third-order valence-electron chi connectivity index (χ3n) is 3.65. The van der Waals surface area contributed by atoms with E-state index in [1.54, 1.807) is 19.6 Å². The summed E-state index contributed by atoms with van der Waals surface area (Å²) in [7, 11) is 1.75. The van der Waals surface area contributed by atoms with Crippen LogP contribution < -0.4 is 0 Å². The van der Waals surface area contributed by atoms with E-state index in [0.717, 1.165) is 12.1 Å². The maximum absolute atomic E-state index is 9.18. The fraction of sp³-hybridized carbons (Fsp3) is 0.727. The Morgan fingerprint density at radius 1 is 1.67 bits per heavy atom. The van der Waals surface area contributed by atoms with Crippen molar-refractivity contribution < 1.29 is 9.84 Å². The number of methoxy groups -OCH3 is 1. The van der Waals surface area contributed by atoms with Crippen LogP contribution in [0.1, 0.15) is 32.0 Å².